The van der Waals surface area contributed by atoms with Gasteiger partial charge in [-0.05, 0) is 63.8 Å². The van der Waals surface area contributed by atoms with Gasteiger partial charge in [0.05, 0.1) is 10.8 Å². The summed E-state index contributed by atoms with van der Waals surface area (Å²) in [6.07, 6.45) is -1.98. The largest absolute Gasteiger partial charge is 0.416 e. The molecule has 1 rings (SSSR count). The van der Waals surface area contributed by atoms with Gasteiger partial charge in [0.2, 0.25) is 10.0 Å². The van der Waals surface area contributed by atoms with Gasteiger partial charge in [-0.1, -0.05) is 6.42 Å². The lowest BCUT2D eigenvalue weighted by Gasteiger charge is -2.16. The van der Waals surface area contributed by atoms with Gasteiger partial charge in [-0.25, -0.2) is 13.1 Å². The number of benzene rings is 1. The summed E-state index contributed by atoms with van der Waals surface area (Å²) >= 11 is 0. The molecule has 1 aromatic rings. The molecule has 1 aromatic carbocycles. The van der Waals surface area contributed by atoms with Crippen molar-refractivity contribution in [2.75, 3.05) is 18.4 Å². The number of anilines is 1. The smallest absolute Gasteiger partial charge is 0.385 e. The van der Waals surface area contributed by atoms with Crippen LogP contribution in [0.4, 0.5) is 18.9 Å². The third-order valence-corrected chi connectivity index (χ3v) is 6.03. The number of halogens is 3. The number of rotatable bonds is 9. The standard InChI is InChI=1S/C17H27F3N2O2S/c1-12(2)25(23,24)22-11-7-5-6-10-21-16-9-8-15(17(18,19)20)13(3)14(16)4/h8-9,12,21-22H,5-7,10-11H2,1-4H3. The number of hydrogen-bond acceptors (Lipinski definition) is 3. The molecule has 25 heavy (non-hydrogen) atoms. The van der Waals surface area contributed by atoms with Crippen LogP contribution in [0.15, 0.2) is 12.1 Å². The summed E-state index contributed by atoms with van der Waals surface area (Å²) in [5, 5.41) is 2.71. The predicted molar refractivity (Wildman–Crippen MR) is 95.3 cm³/mol. The van der Waals surface area contributed by atoms with E-state index in [1.165, 1.54) is 13.0 Å². The third-order valence-electron chi connectivity index (χ3n) is 4.19. The Morgan fingerprint density at radius 2 is 1.60 bits per heavy atom. The van der Waals surface area contributed by atoms with Crippen molar-refractivity contribution in [3.8, 4) is 0 Å². The predicted octanol–water partition coefficient (Wildman–Crippen LogP) is 4.23. The molecule has 0 radical (unpaired) electrons. The van der Waals surface area contributed by atoms with Crippen LogP contribution in [0.5, 0.6) is 0 Å². The van der Waals surface area contributed by atoms with E-state index in [2.05, 4.69) is 10.0 Å². The molecule has 0 amide bonds. The van der Waals surface area contributed by atoms with Gasteiger partial charge in [0, 0.05) is 18.8 Å². The van der Waals surface area contributed by atoms with E-state index in [0.29, 0.717) is 24.3 Å². The zero-order valence-corrected chi connectivity index (χ0v) is 15.9. The Hall–Kier alpha value is -1.28. The second kappa shape index (κ2) is 8.89. The normalized spacial score (nSPS) is 12.6. The molecule has 4 nitrogen and oxygen atoms in total. The zero-order chi connectivity index (χ0) is 19.3. The van der Waals surface area contributed by atoms with E-state index in [4.69, 9.17) is 0 Å². The molecule has 0 aliphatic heterocycles. The fourth-order valence-electron chi connectivity index (χ4n) is 2.35. The molecule has 0 aliphatic carbocycles. The van der Waals surface area contributed by atoms with Gasteiger partial charge in [-0.3, -0.25) is 0 Å². The first-order chi connectivity index (χ1) is 11.5. The lowest BCUT2D eigenvalue weighted by atomic mass is 10.0. The molecule has 0 bridgehead atoms. The van der Waals surface area contributed by atoms with Crippen molar-refractivity contribution in [3.05, 3.63) is 28.8 Å². The van der Waals surface area contributed by atoms with Crippen molar-refractivity contribution >= 4 is 15.7 Å². The average Bonchev–Trinajstić information content (AvgIpc) is 2.48. The Bertz CT molecular complexity index is 671. The monoisotopic (exact) mass is 380 g/mol. The number of nitrogens with one attached hydrogen (secondary N) is 2. The van der Waals surface area contributed by atoms with E-state index in [0.717, 1.165) is 25.3 Å². The van der Waals surface area contributed by atoms with Crippen molar-refractivity contribution in [2.45, 2.75) is 58.4 Å². The minimum Gasteiger partial charge on any atom is -0.385 e. The SMILES string of the molecule is Cc1c(NCCCCCNS(=O)(=O)C(C)C)ccc(C(F)(F)F)c1C. The maximum absolute atomic E-state index is 12.8. The summed E-state index contributed by atoms with van der Waals surface area (Å²) in [4.78, 5) is 0. The number of hydrogen-bond donors (Lipinski definition) is 2. The van der Waals surface area contributed by atoms with Crippen molar-refractivity contribution in [1.82, 2.24) is 4.72 Å². The highest BCUT2D eigenvalue weighted by Crippen LogP contribution is 2.35. The van der Waals surface area contributed by atoms with Crippen molar-refractivity contribution < 1.29 is 21.6 Å². The molecule has 0 aliphatic rings. The molecule has 144 valence electrons. The number of sulfonamides is 1. The van der Waals surface area contributed by atoms with Gasteiger partial charge >= 0.3 is 6.18 Å². The molecule has 0 unspecified atom stereocenters. The Morgan fingerprint density at radius 1 is 1.00 bits per heavy atom. The fraction of sp³-hybridized carbons (Fsp3) is 0.647. The van der Waals surface area contributed by atoms with Crippen LogP contribution in [0.1, 0.15) is 49.8 Å². The summed E-state index contributed by atoms with van der Waals surface area (Å²) in [7, 11) is -3.22. The van der Waals surface area contributed by atoms with Crippen LogP contribution in [0.3, 0.4) is 0 Å². The van der Waals surface area contributed by atoms with Crippen LogP contribution in [0.25, 0.3) is 0 Å². The summed E-state index contributed by atoms with van der Waals surface area (Å²) in [5.41, 5.74) is 0.930. The van der Waals surface area contributed by atoms with Gasteiger partial charge < -0.3 is 5.32 Å². The molecule has 0 spiro atoms. The van der Waals surface area contributed by atoms with Gasteiger partial charge in [-0.15, -0.1) is 0 Å². The summed E-state index contributed by atoms with van der Waals surface area (Å²) in [5.74, 6) is 0. The fourth-order valence-corrected chi connectivity index (χ4v) is 3.11. The first kappa shape index (κ1) is 21.8. The van der Waals surface area contributed by atoms with Crippen LogP contribution in [0, 0.1) is 13.8 Å². The highest BCUT2D eigenvalue weighted by atomic mass is 32.2. The van der Waals surface area contributed by atoms with Crippen LogP contribution >= 0.6 is 0 Å². The van der Waals surface area contributed by atoms with E-state index >= 15 is 0 Å². The lowest BCUT2D eigenvalue weighted by Crippen LogP contribution is -2.31. The van der Waals surface area contributed by atoms with Gasteiger partial charge in [0.25, 0.3) is 0 Å². The summed E-state index contributed by atoms with van der Waals surface area (Å²) in [6.45, 7) is 7.43. The minimum atomic E-state index is -4.34. The molecule has 0 saturated carbocycles. The number of alkyl halides is 3. The Kier molecular flexibility index (Phi) is 7.74. The van der Waals surface area contributed by atoms with Gasteiger partial charge in [-0.2, -0.15) is 13.2 Å². The molecular formula is C17H27F3N2O2S. The molecule has 0 fully saturated rings. The van der Waals surface area contributed by atoms with E-state index < -0.39 is 27.0 Å². The van der Waals surface area contributed by atoms with E-state index in [1.54, 1.807) is 20.8 Å². The molecule has 0 aromatic heterocycles. The van der Waals surface area contributed by atoms with Crippen molar-refractivity contribution in [3.63, 3.8) is 0 Å². The van der Waals surface area contributed by atoms with Gasteiger partial charge in [0.15, 0.2) is 0 Å². The third kappa shape index (κ3) is 6.51. The highest BCUT2D eigenvalue weighted by molar-refractivity contribution is 7.90. The average molecular weight is 380 g/mol. The second-order valence-electron chi connectivity index (χ2n) is 6.38. The van der Waals surface area contributed by atoms with Crippen LogP contribution in [-0.2, 0) is 16.2 Å². The maximum Gasteiger partial charge on any atom is 0.416 e. The quantitative estimate of drug-likeness (QED) is 0.630. The highest BCUT2D eigenvalue weighted by Gasteiger charge is 2.32. The molecule has 0 saturated heterocycles. The van der Waals surface area contributed by atoms with Crippen LogP contribution in [-0.4, -0.2) is 26.8 Å². The molecule has 2 N–H and O–H groups in total. The molecule has 0 atom stereocenters. The van der Waals surface area contributed by atoms with Crippen molar-refractivity contribution in [2.24, 2.45) is 0 Å². The van der Waals surface area contributed by atoms with E-state index in [9.17, 15) is 21.6 Å². The molecular weight excluding hydrogens is 353 g/mol. The summed E-state index contributed by atoms with van der Waals surface area (Å²) < 4.78 is 64.2. The second-order valence-corrected chi connectivity index (χ2v) is 8.71. The van der Waals surface area contributed by atoms with Crippen LogP contribution < -0.4 is 10.0 Å². The molecule has 0 heterocycles. The van der Waals surface area contributed by atoms with Gasteiger partial charge in [0.1, 0.15) is 0 Å². The van der Waals surface area contributed by atoms with Crippen LogP contribution in [0.2, 0.25) is 0 Å². The summed E-state index contributed by atoms with van der Waals surface area (Å²) in [6, 6.07) is 2.56. The first-order valence-electron chi connectivity index (χ1n) is 8.36. The molecule has 8 heteroatoms. The topological polar surface area (TPSA) is 58.2 Å². The minimum absolute atomic E-state index is 0.237. The Labute approximate surface area is 148 Å². The van der Waals surface area contributed by atoms with Crippen molar-refractivity contribution in [1.29, 1.82) is 0 Å². The zero-order valence-electron chi connectivity index (χ0n) is 15.1. The van der Waals surface area contributed by atoms with E-state index in [-0.39, 0.29) is 5.56 Å². The first-order valence-corrected chi connectivity index (χ1v) is 9.91. The Balaban J connectivity index is 2.39. The maximum atomic E-state index is 12.8. The Morgan fingerprint density at radius 3 is 2.16 bits per heavy atom. The lowest BCUT2D eigenvalue weighted by molar-refractivity contribution is -0.138. The number of unbranched alkanes of at least 4 members (excludes halogenated alkanes) is 2. The van der Waals surface area contributed by atoms with E-state index in [1.807, 2.05) is 0 Å².